The highest BCUT2D eigenvalue weighted by Gasteiger charge is 2.15. The van der Waals surface area contributed by atoms with E-state index in [4.69, 9.17) is 4.74 Å². The van der Waals surface area contributed by atoms with Gasteiger partial charge in [0.15, 0.2) is 0 Å². The van der Waals surface area contributed by atoms with Crippen molar-refractivity contribution in [2.45, 2.75) is 13.8 Å². The van der Waals surface area contributed by atoms with Crippen LogP contribution in [0.5, 0.6) is 5.75 Å². The third-order valence-corrected chi connectivity index (χ3v) is 5.28. The van der Waals surface area contributed by atoms with E-state index >= 15 is 0 Å². The summed E-state index contributed by atoms with van der Waals surface area (Å²) in [5, 5.41) is 0. The van der Waals surface area contributed by atoms with Gasteiger partial charge < -0.3 is 4.74 Å². The zero-order valence-corrected chi connectivity index (χ0v) is 17.1. The number of thiol groups is 1. The van der Waals surface area contributed by atoms with Crippen LogP contribution in [0.2, 0.25) is 0 Å². The third-order valence-electron chi connectivity index (χ3n) is 2.58. The first-order valence-corrected chi connectivity index (χ1v) is 9.20. The first kappa shape index (κ1) is 16.6. The lowest BCUT2D eigenvalue weighted by molar-refractivity contribution is 0.224. The van der Waals surface area contributed by atoms with Crippen molar-refractivity contribution in [3.05, 3.63) is 22.8 Å². The molecule has 0 saturated heterocycles. The van der Waals surface area contributed by atoms with Crippen molar-refractivity contribution in [1.29, 1.82) is 0 Å². The van der Waals surface area contributed by atoms with E-state index in [-0.39, 0.29) is 0 Å². The molecule has 1 aromatic carbocycles. The quantitative estimate of drug-likeness (QED) is 0.373. The molecular formula is C12H15I3OS. The van der Waals surface area contributed by atoms with Gasteiger partial charge >= 0.3 is 0 Å². The summed E-state index contributed by atoms with van der Waals surface area (Å²) >= 11 is 11.4. The topological polar surface area (TPSA) is 9.23 Å². The smallest absolute Gasteiger partial charge is 0.146 e. The normalized spacial score (nSPS) is 12.9. The lowest BCUT2D eigenvalue weighted by atomic mass is 9.99. The fourth-order valence-corrected chi connectivity index (χ4v) is 5.73. The van der Waals surface area contributed by atoms with Gasteiger partial charge in [-0.1, -0.05) is 13.8 Å². The summed E-state index contributed by atoms with van der Waals surface area (Å²) in [5.74, 6) is 2.99. The van der Waals surface area contributed by atoms with E-state index in [2.05, 4.69) is 106 Å². The number of halogens is 3. The molecule has 1 rings (SSSR count). The second-order valence-electron chi connectivity index (χ2n) is 4.20. The molecule has 96 valence electrons. The standard InChI is InChI=1S/C12H15I3OS/c1-7(2)8(6-17)5-16-12-10(14)3-9(13)4-11(12)15/h3-4,7-8,17H,5-6H2,1-2H3. The third kappa shape index (κ3) is 5.21. The van der Waals surface area contributed by atoms with E-state index < -0.39 is 0 Å². The van der Waals surface area contributed by atoms with Gasteiger partial charge in [0.05, 0.1) is 13.7 Å². The summed E-state index contributed by atoms with van der Waals surface area (Å²) in [5.41, 5.74) is 0. The number of ether oxygens (including phenoxy) is 1. The van der Waals surface area contributed by atoms with Crippen LogP contribution in [-0.4, -0.2) is 12.4 Å². The molecule has 0 aliphatic rings. The fourth-order valence-electron chi connectivity index (χ4n) is 1.31. The molecule has 0 saturated carbocycles. The molecule has 1 atom stereocenters. The summed E-state index contributed by atoms with van der Waals surface area (Å²) in [6.07, 6.45) is 0. The molecule has 0 bridgehead atoms. The summed E-state index contributed by atoms with van der Waals surface area (Å²) in [6, 6.07) is 4.29. The van der Waals surface area contributed by atoms with Crippen LogP contribution >= 0.6 is 80.4 Å². The Hall–Kier alpha value is 1.56. The molecule has 0 radical (unpaired) electrons. The second kappa shape index (κ2) is 7.98. The minimum absolute atomic E-state index is 0.504. The molecule has 0 aromatic heterocycles. The van der Waals surface area contributed by atoms with E-state index in [0.29, 0.717) is 11.8 Å². The van der Waals surface area contributed by atoms with Crippen LogP contribution in [-0.2, 0) is 0 Å². The van der Waals surface area contributed by atoms with Gasteiger partial charge in [-0.05, 0) is 91.6 Å². The fraction of sp³-hybridized carbons (Fsp3) is 0.500. The minimum Gasteiger partial charge on any atom is -0.491 e. The van der Waals surface area contributed by atoms with Crippen LogP contribution in [0.4, 0.5) is 0 Å². The SMILES string of the molecule is CC(C)C(CS)COc1c(I)cc(I)cc1I. The summed E-state index contributed by atoms with van der Waals surface area (Å²) < 4.78 is 9.58. The van der Waals surface area contributed by atoms with Crippen LogP contribution in [0, 0.1) is 22.5 Å². The maximum Gasteiger partial charge on any atom is 0.146 e. The minimum atomic E-state index is 0.504. The van der Waals surface area contributed by atoms with Gasteiger partial charge in [0, 0.05) is 9.49 Å². The maximum absolute atomic E-state index is 5.97. The largest absolute Gasteiger partial charge is 0.491 e. The number of hydrogen-bond donors (Lipinski definition) is 1. The van der Waals surface area contributed by atoms with E-state index in [0.717, 1.165) is 18.1 Å². The second-order valence-corrected chi connectivity index (χ2v) is 8.13. The van der Waals surface area contributed by atoms with Gasteiger partial charge in [0.25, 0.3) is 0 Å². The number of hydrogen-bond acceptors (Lipinski definition) is 2. The predicted octanol–water partition coefficient (Wildman–Crippen LogP) is 5.08. The Morgan fingerprint density at radius 3 is 2.12 bits per heavy atom. The average molecular weight is 588 g/mol. The van der Waals surface area contributed by atoms with Gasteiger partial charge in [-0.3, -0.25) is 0 Å². The maximum atomic E-state index is 5.97. The Balaban J connectivity index is 2.75. The van der Waals surface area contributed by atoms with Gasteiger partial charge in [-0.15, -0.1) is 0 Å². The number of benzene rings is 1. The van der Waals surface area contributed by atoms with E-state index in [1.54, 1.807) is 0 Å². The Kier molecular flexibility index (Phi) is 7.80. The van der Waals surface area contributed by atoms with Crippen molar-refractivity contribution in [3.63, 3.8) is 0 Å². The van der Waals surface area contributed by atoms with Crippen LogP contribution in [0.1, 0.15) is 13.8 Å². The molecule has 17 heavy (non-hydrogen) atoms. The average Bonchev–Trinajstić information content (AvgIpc) is 2.21. The highest BCUT2D eigenvalue weighted by Crippen LogP contribution is 2.30. The molecule has 0 aliphatic carbocycles. The molecule has 1 unspecified atom stereocenters. The Morgan fingerprint density at radius 2 is 1.71 bits per heavy atom. The molecule has 1 nitrogen and oxygen atoms in total. The van der Waals surface area contributed by atoms with Gasteiger partial charge in [-0.25, -0.2) is 0 Å². The molecule has 0 aliphatic heterocycles. The van der Waals surface area contributed by atoms with E-state index in [1.807, 2.05) is 0 Å². The van der Waals surface area contributed by atoms with Crippen molar-refractivity contribution in [3.8, 4) is 5.75 Å². The predicted molar refractivity (Wildman–Crippen MR) is 102 cm³/mol. The monoisotopic (exact) mass is 588 g/mol. The van der Waals surface area contributed by atoms with Crippen LogP contribution < -0.4 is 4.74 Å². The van der Waals surface area contributed by atoms with E-state index in [9.17, 15) is 0 Å². The molecular weight excluding hydrogens is 573 g/mol. The Bertz CT molecular complexity index is 359. The van der Waals surface area contributed by atoms with Crippen molar-refractivity contribution < 1.29 is 4.74 Å². The van der Waals surface area contributed by atoms with Gasteiger partial charge in [0.1, 0.15) is 5.75 Å². The summed E-state index contributed by atoms with van der Waals surface area (Å²) in [6.45, 7) is 5.18. The molecule has 0 amide bonds. The van der Waals surface area contributed by atoms with Crippen molar-refractivity contribution in [1.82, 2.24) is 0 Å². The van der Waals surface area contributed by atoms with Crippen molar-refractivity contribution in [2.75, 3.05) is 12.4 Å². The number of rotatable bonds is 5. The van der Waals surface area contributed by atoms with E-state index in [1.165, 1.54) is 10.7 Å². The van der Waals surface area contributed by atoms with Crippen LogP contribution in [0.3, 0.4) is 0 Å². The molecule has 0 fully saturated rings. The van der Waals surface area contributed by atoms with Crippen molar-refractivity contribution in [2.24, 2.45) is 11.8 Å². The highest BCUT2D eigenvalue weighted by molar-refractivity contribution is 14.1. The molecule has 5 heteroatoms. The lowest BCUT2D eigenvalue weighted by Crippen LogP contribution is -2.20. The lowest BCUT2D eigenvalue weighted by Gasteiger charge is -2.20. The zero-order valence-electron chi connectivity index (χ0n) is 9.71. The first-order chi connectivity index (χ1) is 7.95. The molecule has 0 spiro atoms. The van der Waals surface area contributed by atoms with Gasteiger partial charge in [-0.2, -0.15) is 12.6 Å². The Morgan fingerprint density at radius 1 is 1.18 bits per heavy atom. The molecule has 1 aromatic rings. The van der Waals surface area contributed by atoms with Crippen LogP contribution in [0.25, 0.3) is 0 Å². The molecule has 0 heterocycles. The zero-order chi connectivity index (χ0) is 13.0. The Labute approximate surface area is 150 Å². The van der Waals surface area contributed by atoms with Crippen LogP contribution in [0.15, 0.2) is 12.1 Å². The van der Waals surface area contributed by atoms with Crippen molar-refractivity contribution >= 4 is 80.4 Å². The first-order valence-electron chi connectivity index (χ1n) is 5.34. The summed E-state index contributed by atoms with van der Waals surface area (Å²) in [4.78, 5) is 0. The molecule has 0 N–H and O–H groups in total. The highest BCUT2D eigenvalue weighted by atomic mass is 127. The van der Waals surface area contributed by atoms with Gasteiger partial charge in [0.2, 0.25) is 0 Å². The summed E-state index contributed by atoms with van der Waals surface area (Å²) in [7, 11) is 0.